The normalized spacial score (nSPS) is 10.6. The van der Waals surface area contributed by atoms with Gasteiger partial charge in [0.2, 0.25) is 17.7 Å². The molecule has 6 amide bonds. The molecule has 17 nitrogen and oxygen atoms in total. The molecule has 0 aliphatic rings. The lowest BCUT2D eigenvalue weighted by Crippen LogP contribution is -2.16. The van der Waals surface area contributed by atoms with E-state index in [4.69, 9.17) is 9.47 Å². The van der Waals surface area contributed by atoms with Crippen LogP contribution in [0.3, 0.4) is 0 Å². The first-order chi connectivity index (χ1) is 31.3. The third kappa shape index (κ3) is 11.1. The Bertz CT molecular complexity index is 2910. The highest BCUT2D eigenvalue weighted by molar-refractivity contribution is 6.13. The van der Waals surface area contributed by atoms with Crippen LogP contribution in [0.2, 0.25) is 0 Å². The number of carbonyl (C=O) groups excluding carboxylic acids is 6. The zero-order chi connectivity index (χ0) is 46.6. The molecule has 0 unspecified atom stereocenters. The number of nitrogens with one attached hydrogen (secondary N) is 6. The van der Waals surface area contributed by atoms with Gasteiger partial charge in [0.1, 0.15) is 22.9 Å². The number of methoxy groups -OCH3 is 2. The van der Waals surface area contributed by atoms with Crippen molar-refractivity contribution >= 4 is 91.7 Å². The van der Waals surface area contributed by atoms with Gasteiger partial charge in [-0.1, -0.05) is 50.1 Å². The van der Waals surface area contributed by atoms with Crippen LogP contribution in [0.15, 0.2) is 157 Å². The van der Waals surface area contributed by atoms with Crippen molar-refractivity contribution in [2.45, 2.75) is 0 Å². The number of aromatic hydroxyl groups is 1. The number of azo groups is 1. The minimum absolute atomic E-state index is 0.0319. The summed E-state index contributed by atoms with van der Waals surface area (Å²) < 4.78 is 11.1. The van der Waals surface area contributed by atoms with Crippen molar-refractivity contribution in [1.82, 2.24) is 0 Å². The number of benzene rings is 6. The molecule has 0 radical (unpaired) electrons. The number of nitrogens with zero attached hydrogens (tertiary/aromatic N) is 2. The molecule has 7 N–H and O–H groups in total. The Morgan fingerprint density at radius 3 is 1.68 bits per heavy atom. The van der Waals surface area contributed by atoms with Gasteiger partial charge in [-0.15, -0.1) is 10.2 Å². The fourth-order valence-electron chi connectivity index (χ4n) is 6.21. The highest BCUT2D eigenvalue weighted by Crippen LogP contribution is 2.43. The van der Waals surface area contributed by atoms with Crippen molar-refractivity contribution in [3.63, 3.8) is 0 Å². The van der Waals surface area contributed by atoms with Crippen LogP contribution in [0, 0.1) is 0 Å². The molecule has 0 aliphatic carbocycles. The Morgan fingerprint density at radius 2 is 1.08 bits per heavy atom. The van der Waals surface area contributed by atoms with E-state index in [9.17, 15) is 33.9 Å². The lowest BCUT2D eigenvalue weighted by molar-refractivity contribution is -0.112. The minimum atomic E-state index is -0.711. The van der Waals surface area contributed by atoms with E-state index in [1.807, 2.05) is 0 Å². The Balaban J connectivity index is 1.23. The number of phenolic OH excluding ortho intramolecular Hbond substituents is 1. The van der Waals surface area contributed by atoms with E-state index in [1.165, 1.54) is 68.8 Å². The topological polar surface area (TPSA) is 238 Å². The van der Waals surface area contributed by atoms with Gasteiger partial charge in [-0.05, 0) is 90.3 Å². The number of hydrogen-bond acceptors (Lipinski definition) is 11. The molecule has 0 aliphatic heterocycles. The first kappa shape index (κ1) is 45.2. The van der Waals surface area contributed by atoms with Gasteiger partial charge in [0.25, 0.3) is 17.7 Å². The molecular formula is C48H40N8O9. The number of phenols is 1. The standard InChI is InChI=1S/C48H40N8O9/c1-6-41(57)49-30-18-16-27(17-19-30)46(61)54-37-25-40(65-5)38(26-39(37)64-4)55-56-44-35-15-10-9-12-28(35)22-36(45(44)60)48(63)53-32-14-11-13-31(23-32)52-47(62)29-20-33(50-42(58)7-2)24-34(21-29)51-43(59)8-3/h6-26,60H,1-3H2,4-5H3,(H,49,57)(H,50,58)(H,51,59)(H,52,62)(H,53,63)(H,54,61). The quantitative estimate of drug-likeness (QED) is 0.0362. The van der Waals surface area contributed by atoms with Crippen LogP contribution in [0.1, 0.15) is 31.1 Å². The smallest absolute Gasteiger partial charge is 0.259 e. The summed E-state index contributed by atoms with van der Waals surface area (Å²) in [5, 5.41) is 37.4. The molecule has 6 aromatic carbocycles. The molecule has 6 rings (SSSR count). The average molecular weight is 873 g/mol. The van der Waals surface area contributed by atoms with Crippen molar-refractivity contribution in [3.8, 4) is 17.2 Å². The molecule has 0 spiro atoms. The van der Waals surface area contributed by atoms with Crippen molar-refractivity contribution < 1.29 is 43.3 Å². The molecule has 0 saturated carbocycles. The molecule has 17 heteroatoms. The summed E-state index contributed by atoms with van der Waals surface area (Å²) in [5.74, 6) is -3.35. The first-order valence-electron chi connectivity index (χ1n) is 19.3. The van der Waals surface area contributed by atoms with E-state index in [2.05, 4.69) is 61.9 Å². The Hall–Kier alpha value is -9.38. The summed E-state index contributed by atoms with van der Waals surface area (Å²) >= 11 is 0. The van der Waals surface area contributed by atoms with Gasteiger partial charge in [0.05, 0.1) is 25.5 Å². The largest absolute Gasteiger partial charge is 0.505 e. The fraction of sp³-hybridized carbons (Fsp3) is 0.0417. The summed E-state index contributed by atoms with van der Waals surface area (Å²) in [4.78, 5) is 76.1. The van der Waals surface area contributed by atoms with Gasteiger partial charge < -0.3 is 46.5 Å². The molecule has 0 saturated heterocycles. The SMILES string of the molecule is C=CC(=O)Nc1ccc(C(=O)Nc2cc(OC)c(N=Nc3c(O)c(C(=O)Nc4cccc(NC(=O)c5cc(NC(=O)C=C)cc(NC(=O)C=C)c5)c4)cc4ccccc34)cc2OC)cc1. The zero-order valence-electron chi connectivity index (χ0n) is 34.9. The molecule has 0 bridgehead atoms. The van der Waals surface area contributed by atoms with Crippen LogP contribution in [0.25, 0.3) is 10.8 Å². The van der Waals surface area contributed by atoms with Crippen molar-refractivity contribution in [1.29, 1.82) is 0 Å². The monoisotopic (exact) mass is 872 g/mol. The zero-order valence-corrected chi connectivity index (χ0v) is 34.9. The maximum absolute atomic E-state index is 13.8. The number of ether oxygens (including phenoxy) is 2. The van der Waals surface area contributed by atoms with Crippen LogP contribution in [-0.2, 0) is 14.4 Å². The molecule has 0 heterocycles. The van der Waals surface area contributed by atoms with Crippen molar-refractivity contribution in [2.75, 3.05) is 46.1 Å². The van der Waals surface area contributed by atoms with Gasteiger partial charge in [-0.2, -0.15) is 0 Å². The second-order valence-corrected chi connectivity index (χ2v) is 13.7. The summed E-state index contributed by atoms with van der Waals surface area (Å²) in [6.45, 7) is 10.3. The molecule has 0 aromatic heterocycles. The number of carbonyl (C=O) groups is 6. The van der Waals surface area contributed by atoms with Crippen LogP contribution in [-0.4, -0.2) is 54.8 Å². The predicted molar refractivity (Wildman–Crippen MR) is 249 cm³/mol. The highest BCUT2D eigenvalue weighted by Gasteiger charge is 2.21. The Kier molecular flexibility index (Phi) is 14.2. The number of rotatable bonds is 16. The summed E-state index contributed by atoms with van der Waals surface area (Å²) in [7, 11) is 2.79. The van der Waals surface area contributed by atoms with Gasteiger partial charge in [-0.3, -0.25) is 28.8 Å². The lowest BCUT2D eigenvalue weighted by Gasteiger charge is -2.14. The molecule has 65 heavy (non-hydrogen) atoms. The minimum Gasteiger partial charge on any atom is -0.505 e. The van der Waals surface area contributed by atoms with E-state index < -0.39 is 41.2 Å². The summed E-state index contributed by atoms with van der Waals surface area (Å²) in [6.07, 6.45) is 3.24. The predicted octanol–water partition coefficient (Wildman–Crippen LogP) is 9.11. The maximum atomic E-state index is 13.8. The fourth-order valence-corrected chi connectivity index (χ4v) is 6.21. The number of hydrogen-bond donors (Lipinski definition) is 7. The summed E-state index contributed by atoms with van der Waals surface area (Å²) in [6, 6.07) is 28.1. The number of fused-ring (bicyclic) bond motifs is 1. The van der Waals surface area contributed by atoms with Gasteiger partial charge in [0.15, 0.2) is 5.75 Å². The summed E-state index contributed by atoms with van der Waals surface area (Å²) in [5.41, 5.74) is 2.06. The van der Waals surface area contributed by atoms with Crippen molar-refractivity contribution in [2.24, 2.45) is 10.2 Å². The van der Waals surface area contributed by atoms with E-state index in [0.717, 1.165) is 18.2 Å². The number of amides is 6. The van der Waals surface area contributed by atoms with Gasteiger partial charge in [-0.25, -0.2) is 0 Å². The van der Waals surface area contributed by atoms with E-state index in [1.54, 1.807) is 54.6 Å². The van der Waals surface area contributed by atoms with Gasteiger partial charge >= 0.3 is 0 Å². The van der Waals surface area contributed by atoms with Crippen LogP contribution in [0.5, 0.6) is 17.2 Å². The molecule has 326 valence electrons. The Morgan fingerprint density at radius 1 is 0.523 bits per heavy atom. The van der Waals surface area contributed by atoms with E-state index in [0.29, 0.717) is 22.0 Å². The average Bonchev–Trinajstić information content (AvgIpc) is 3.31. The highest BCUT2D eigenvalue weighted by atomic mass is 16.5. The third-order valence-electron chi connectivity index (χ3n) is 9.33. The van der Waals surface area contributed by atoms with Crippen LogP contribution >= 0.6 is 0 Å². The second-order valence-electron chi connectivity index (χ2n) is 13.7. The maximum Gasteiger partial charge on any atom is 0.259 e. The van der Waals surface area contributed by atoms with E-state index >= 15 is 0 Å². The molecule has 6 aromatic rings. The number of anilines is 6. The first-order valence-corrected chi connectivity index (χ1v) is 19.3. The molecule has 0 fully saturated rings. The van der Waals surface area contributed by atoms with Gasteiger partial charge in [0, 0.05) is 57.1 Å². The van der Waals surface area contributed by atoms with Crippen molar-refractivity contribution in [3.05, 3.63) is 164 Å². The van der Waals surface area contributed by atoms with E-state index in [-0.39, 0.29) is 62.4 Å². The lowest BCUT2D eigenvalue weighted by atomic mass is 10.0. The van der Waals surface area contributed by atoms with Crippen LogP contribution < -0.4 is 41.4 Å². The molecule has 0 atom stereocenters. The van der Waals surface area contributed by atoms with Crippen LogP contribution in [0.4, 0.5) is 45.5 Å². The molecular weight excluding hydrogens is 833 g/mol. The second kappa shape index (κ2) is 20.5. The Labute approximate surface area is 371 Å². The third-order valence-corrected chi connectivity index (χ3v) is 9.33.